The molecule has 6 aromatic carbocycles. The highest BCUT2D eigenvalue weighted by molar-refractivity contribution is 7.99. The number of hydrogen-bond acceptors (Lipinski definition) is 6. The lowest BCUT2D eigenvalue weighted by Crippen LogP contribution is -2.32. The molecule has 290 valence electrons. The van der Waals surface area contributed by atoms with E-state index in [0.717, 1.165) is 62.0 Å². The third-order valence-corrected chi connectivity index (χ3v) is 13.2. The molecule has 0 radical (unpaired) electrons. The van der Waals surface area contributed by atoms with Gasteiger partial charge in [-0.15, -0.1) is 0 Å². The Hall–Kier alpha value is -7.80. The fourth-order valence-corrected chi connectivity index (χ4v) is 10.6. The first-order chi connectivity index (χ1) is 30.7. The third-order valence-electron chi connectivity index (χ3n) is 12.1. The van der Waals surface area contributed by atoms with Crippen molar-refractivity contribution in [3.63, 3.8) is 0 Å². The van der Waals surface area contributed by atoms with Gasteiger partial charge in [-0.25, -0.2) is 15.0 Å². The summed E-state index contributed by atoms with van der Waals surface area (Å²) in [4.78, 5) is 27.3. The summed E-state index contributed by atoms with van der Waals surface area (Å²) in [7, 11) is 0. The zero-order valence-corrected chi connectivity index (χ0v) is 34.2. The summed E-state index contributed by atoms with van der Waals surface area (Å²) in [6.07, 6.45) is 3.63. The smallest absolute Gasteiger partial charge is 0.160 e. The molecule has 5 nitrogen and oxygen atoms in total. The summed E-state index contributed by atoms with van der Waals surface area (Å²) in [6, 6.07) is 70.7. The second kappa shape index (κ2) is 14.7. The lowest BCUT2D eigenvalue weighted by atomic mass is 9.67. The second-order valence-corrected chi connectivity index (χ2v) is 16.7. The number of benzene rings is 6. The van der Waals surface area contributed by atoms with Crippen LogP contribution in [0.3, 0.4) is 0 Å². The molecule has 5 heterocycles. The quantitative estimate of drug-likeness (QED) is 0.167. The normalized spacial score (nSPS) is 12.9. The highest BCUT2D eigenvalue weighted by Crippen LogP contribution is 2.62. The van der Waals surface area contributed by atoms with Crippen molar-refractivity contribution in [1.29, 1.82) is 0 Å². The fraction of sp³-hybridized carbons (Fsp3) is 0.0179. The third kappa shape index (κ3) is 5.91. The molecule has 12 rings (SSSR count). The monoisotopic (exact) mass is 809 g/mol. The van der Waals surface area contributed by atoms with E-state index in [1.807, 2.05) is 72.7 Å². The Balaban J connectivity index is 1.07. The van der Waals surface area contributed by atoms with Crippen LogP contribution in [-0.2, 0) is 5.41 Å². The summed E-state index contributed by atoms with van der Waals surface area (Å²) in [5, 5.41) is 0. The first-order valence-corrected chi connectivity index (χ1v) is 21.5. The van der Waals surface area contributed by atoms with Crippen molar-refractivity contribution in [2.75, 3.05) is 0 Å². The molecule has 0 atom stereocenters. The summed E-state index contributed by atoms with van der Waals surface area (Å²) in [5.74, 6) is 0.690. The van der Waals surface area contributed by atoms with Gasteiger partial charge in [0.15, 0.2) is 5.82 Å². The van der Waals surface area contributed by atoms with E-state index in [2.05, 4.69) is 162 Å². The lowest BCUT2D eigenvalue weighted by molar-refractivity contribution is 0.723. The Kier molecular flexibility index (Phi) is 8.57. The Morgan fingerprint density at radius 3 is 1.32 bits per heavy atom. The average molecular weight is 810 g/mol. The molecule has 0 N–H and O–H groups in total. The molecule has 1 aliphatic heterocycles. The van der Waals surface area contributed by atoms with Crippen LogP contribution < -0.4 is 0 Å². The maximum atomic E-state index is 5.24. The van der Waals surface area contributed by atoms with Crippen molar-refractivity contribution in [3.05, 3.63) is 235 Å². The van der Waals surface area contributed by atoms with Crippen molar-refractivity contribution in [3.8, 4) is 78.9 Å². The van der Waals surface area contributed by atoms with E-state index in [-0.39, 0.29) is 0 Å². The fourth-order valence-electron chi connectivity index (χ4n) is 9.31. The van der Waals surface area contributed by atoms with Crippen molar-refractivity contribution in [2.45, 2.75) is 15.2 Å². The van der Waals surface area contributed by atoms with E-state index < -0.39 is 5.41 Å². The Morgan fingerprint density at radius 2 is 0.790 bits per heavy atom. The maximum absolute atomic E-state index is 5.24. The molecule has 4 aromatic heterocycles. The topological polar surface area (TPSA) is 64.5 Å². The van der Waals surface area contributed by atoms with Gasteiger partial charge in [-0.3, -0.25) is 9.97 Å². The van der Waals surface area contributed by atoms with Crippen LogP contribution in [0.5, 0.6) is 0 Å². The standard InChI is InChI=1S/C56H35N5S/c1-3-15-36(16-4-1)49-35-50(37-17-5-2-6-18-37)61-55(60-49)39-26-28-46-54(34-39)62-53-33-38(25-27-45(53)56(46)43-21-9-7-19-41(43)42-20-8-10-22-44(42)56)40-31-51(47-23-11-13-29-57-47)59-52(32-40)48-24-12-14-30-58-48/h1-35H. The summed E-state index contributed by atoms with van der Waals surface area (Å²) < 4.78 is 0. The van der Waals surface area contributed by atoms with Crippen LogP contribution in [-0.4, -0.2) is 24.9 Å². The minimum absolute atomic E-state index is 0.543. The van der Waals surface area contributed by atoms with Gasteiger partial charge >= 0.3 is 0 Å². The molecule has 1 spiro atoms. The van der Waals surface area contributed by atoms with Gasteiger partial charge in [0, 0.05) is 38.9 Å². The van der Waals surface area contributed by atoms with Gasteiger partial charge < -0.3 is 0 Å². The molecular formula is C56H35N5S. The number of hydrogen-bond donors (Lipinski definition) is 0. The molecule has 0 fully saturated rings. The Labute approximate surface area is 364 Å². The molecule has 2 aliphatic rings. The van der Waals surface area contributed by atoms with Gasteiger partial charge in [-0.2, -0.15) is 0 Å². The van der Waals surface area contributed by atoms with E-state index >= 15 is 0 Å². The molecule has 0 saturated heterocycles. The zero-order valence-electron chi connectivity index (χ0n) is 33.4. The van der Waals surface area contributed by atoms with Crippen molar-refractivity contribution in [1.82, 2.24) is 24.9 Å². The summed E-state index contributed by atoms with van der Waals surface area (Å²) >= 11 is 1.82. The van der Waals surface area contributed by atoms with Gasteiger partial charge in [-0.05, 0) is 99.1 Å². The molecule has 1 aliphatic carbocycles. The molecule has 0 saturated carbocycles. The maximum Gasteiger partial charge on any atom is 0.160 e. The van der Waals surface area contributed by atoms with Crippen LogP contribution >= 0.6 is 11.8 Å². The SMILES string of the molecule is c1ccc(-c2cc(-c3ccccc3)nc(-c3ccc4c(c3)Sc3cc(-c5cc(-c6ccccn6)nc(-c6ccccn6)c5)ccc3C43c4ccccc4-c4ccccc43)n2)cc1. The van der Waals surface area contributed by atoms with Crippen LogP contribution in [0, 0.1) is 0 Å². The van der Waals surface area contributed by atoms with Gasteiger partial charge in [0.1, 0.15) is 0 Å². The van der Waals surface area contributed by atoms with E-state index in [1.54, 1.807) is 0 Å². The highest BCUT2D eigenvalue weighted by atomic mass is 32.2. The van der Waals surface area contributed by atoms with Crippen LogP contribution in [0.4, 0.5) is 0 Å². The van der Waals surface area contributed by atoms with Crippen molar-refractivity contribution >= 4 is 11.8 Å². The van der Waals surface area contributed by atoms with Gasteiger partial charge in [0.25, 0.3) is 0 Å². The summed E-state index contributed by atoms with van der Waals surface area (Å²) in [5.41, 5.74) is 17.3. The predicted molar refractivity (Wildman–Crippen MR) is 249 cm³/mol. The van der Waals surface area contributed by atoms with Crippen LogP contribution in [0.15, 0.2) is 222 Å². The molecule has 0 bridgehead atoms. The van der Waals surface area contributed by atoms with Crippen LogP contribution in [0.2, 0.25) is 0 Å². The Morgan fingerprint density at radius 1 is 0.306 bits per heavy atom. The zero-order chi connectivity index (χ0) is 41.0. The minimum Gasteiger partial charge on any atom is -0.255 e. The van der Waals surface area contributed by atoms with E-state index in [0.29, 0.717) is 5.82 Å². The van der Waals surface area contributed by atoms with Crippen molar-refractivity contribution < 1.29 is 0 Å². The summed E-state index contributed by atoms with van der Waals surface area (Å²) in [6.45, 7) is 0. The average Bonchev–Trinajstić information content (AvgIpc) is 3.65. The van der Waals surface area contributed by atoms with Gasteiger partial charge in [0.2, 0.25) is 0 Å². The number of fused-ring (bicyclic) bond motifs is 9. The molecule has 0 amide bonds. The number of nitrogens with zero attached hydrogens (tertiary/aromatic N) is 5. The van der Waals surface area contributed by atoms with Gasteiger partial charge in [-0.1, -0.05) is 157 Å². The van der Waals surface area contributed by atoms with Gasteiger partial charge in [0.05, 0.1) is 39.6 Å². The largest absolute Gasteiger partial charge is 0.255 e. The lowest BCUT2D eigenvalue weighted by Gasteiger charge is -2.40. The number of aromatic nitrogens is 5. The van der Waals surface area contributed by atoms with Crippen LogP contribution in [0.1, 0.15) is 22.3 Å². The Bertz CT molecular complexity index is 2980. The highest BCUT2D eigenvalue weighted by Gasteiger charge is 2.50. The first-order valence-electron chi connectivity index (χ1n) is 20.7. The van der Waals surface area contributed by atoms with E-state index in [1.165, 1.54) is 43.2 Å². The van der Waals surface area contributed by atoms with Crippen molar-refractivity contribution in [2.24, 2.45) is 0 Å². The minimum atomic E-state index is -0.543. The molecule has 62 heavy (non-hydrogen) atoms. The molecule has 10 aromatic rings. The molecule has 6 heteroatoms. The molecule has 0 unspecified atom stereocenters. The number of rotatable bonds is 6. The van der Waals surface area contributed by atoms with E-state index in [4.69, 9.17) is 15.0 Å². The molecular weight excluding hydrogens is 775 g/mol. The predicted octanol–water partition coefficient (Wildman–Crippen LogP) is 13.5. The van der Waals surface area contributed by atoms with E-state index in [9.17, 15) is 0 Å². The van der Waals surface area contributed by atoms with Crippen LogP contribution in [0.25, 0.3) is 78.9 Å². The number of pyridine rings is 3. The first kappa shape index (κ1) is 36.1. The second-order valence-electron chi connectivity index (χ2n) is 15.6.